The van der Waals surface area contributed by atoms with Gasteiger partial charge in [0.1, 0.15) is 17.9 Å². The predicted molar refractivity (Wildman–Crippen MR) is 106 cm³/mol. The van der Waals surface area contributed by atoms with Gasteiger partial charge in [-0.2, -0.15) is 0 Å². The van der Waals surface area contributed by atoms with E-state index in [-0.39, 0.29) is 11.7 Å². The van der Waals surface area contributed by atoms with Gasteiger partial charge in [-0.25, -0.2) is 4.79 Å². The quantitative estimate of drug-likeness (QED) is 0.622. The summed E-state index contributed by atoms with van der Waals surface area (Å²) in [6.45, 7) is 0.338. The standard InChI is InChI=1S/C19H20ClN5O4/c20-15-8-9-16(24-23-15)21-11-13(22-17(26)12-5-2-1-3-6-12)18(27)25-10-4-7-14(25)19(28)29/h1-3,5-6,8-9,13-14H,4,7,10-11H2,(H,21,24)(H,22,26)(H,28,29)/t13?,14-/m0/s1. The molecule has 3 N–H and O–H groups in total. The number of carboxylic acids is 1. The highest BCUT2D eigenvalue weighted by molar-refractivity contribution is 6.29. The van der Waals surface area contributed by atoms with Crippen molar-refractivity contribution in [2.24, 2.45) is 0 Å². The van der Waals surface area contributed by atoms with Crippen LogP contribution in [0.2, 0.25) is 5.15 Å². The number of nitrogens with one attached hydrogen (secondary N) is 2. The average molecular weight is 418 g/mol. The van der Waals surface area contributed by atoms with Gasteiger partial charge in [-0.3, -0.25) is 9.59 Å². The zero-order valence-electron chi connectivity index (χ0n) is 15.4. The van der Waals surface area contributed by atoms with Crippen LogP contribution < -0.4 is 10.6 Å². The first-order valence-corrected chi connectivity index (χ1v) is 9.46. The largest absolute Gasteiger partial charge is 0.480 e. The fraction of sp³-hybridized carbons (Fsp3) is 0.316. The van der Waals surface area contributed by atoms with E-state index in [9.17, 15) is 19.5 Å². The Bertz CT molecular complexity index is 878. The second kappa shape index (κ2) is 9.33. The number of benzene rings is 1. The third-order valence-electron chi connectivity index (χ3n) is 4.58. The number of halogens is 1. The summed E-state index contributed by atoms with van der Waals surface area (Å²) in [4.78, 5) is 38.4. The molecule has 2 heterocycles. The Hall–Kier alpha value is -3.20. The van der Waals surface area contributed by atoms with Crippen molar-refractivity contribution >= 4 is 35.2 Å². The van der Waals surface area contributed by atoms with Gasteiger partial charge in [-0.05, 0) is 37.1 Å². The monoisotopic (exact) mass is 417 g/mol. The van der Waals surface area contributed by atoms with Crippen LogP contribution in [0.4, 0.5) is 5.82 Å². The molecule has 0 aliphatic carbocycles. The zero-order valence-corrected chi connectivity index (χ0v) is 16.2. The Labute approximate surface area is 172 Å². The topological polar surface area (TPSA) is 125 Å². The third-order valence-corrected chi connectivity index (χ3v) is 4.78. The minimum atomic E-state index is -1.06. The molecule has 0 radical (unpaired) electrons. The third kappa shape index (κ3) is 5.20. The summed E-state index contributed by atoms with van der Waals surface area (Å²) in [5.74, 6) is -1.58. The number of anilines is 1. The molecule has 2 aromatic rings. The van der Waals surface area contributed by atoms with E-state index in [0.717, 1.165) is 0 Å². The summed E-state index contributed by atoms with van der Waals surface area (Å²) >= 11 is 5.72. The molecule has 1 aromatic heterocycles. The molecule has 29 heavy (non-hydrogen) atoms. The lowest BCUT2D eigenvalue weighted by Gasteiger charge is -2.27. The van der Waals surface area contributed by atoms with Crippen molar-refractivity contribution in [1.29, 1.82) is 0 Å². The molecule has 2 atom stereocenters. The number of likely N-dealkylation sites (tertiary alicyclic amines) is 1. The average Bonchev–Trinajstić information content (AvgIpc) is 3.22. The Morgan fingerprint density at radius 3 is 2.59 bits per heavy atom. The van der Waals surface area contributed by atoms with Crippen molar-refractivity contribution in [2.75, 3.05) is 18.4 Å². The maximum Gasteiger partial charge on any atom is 0.326 e. The molecule has 1 aliphatic heterocycles. The van der Waals surface area contributed by atoms with Crippen LogP contribution in [-0.4, -0.2) is 63.2 Å². The minimum Gasteiger partial charge on any atom is -0.480 e. The van der Waals surface area contributed by atoms with E-state index in [1.807, 2.05) is 0 Å². The number of hydrogen-bond donors (Lipinski definition) is 3. The zero-order chi connectivity index (χ0) is 20.8. The number of carboxylic acid groups (broad SMARTS) is 1. The maximum absolute atomic E-state index is 13.1. The molecule has 1 fully saturated rings. The Balaban J connectivity index is 1.76. The first-order chi connectivity index (χ1) is 14.0. The lowest BCUT2D eigenvalue weighted by Crippen LogP contribution is -2.54. The number of aromatic nitrogens is 2. The van der Waals surface area contributed by atoms with Crippen LogP contribution in [0.5, 0.6) is 0 Å². The number of amides is 2. The smallest absolute Gasteiger partial charge is 0.326 e. The number of rotatable bonds is 7. The lowest BCUT2D eigenvalue weighted by atomic mass is 10.1. The molecule has 0 bridgehead atoms. The molecule has 3 rings (SSSR count). The normalized spacial score (nSPS) is 16.9. The van der Waals surface area contributed by atoms with Gasteiger partial charge < -0.3 is 20.6 Å². The molecular formula is C19H20ClN5O4. The lowest BCUT2D eigenvalue weighted by molar-refractivity contribution is -0.148. The van der Waals surface area contributed by atoms with E-state index >= 15 is 0 Å². The first kappa shape index (κ1) is 20.5. The Kier molecular flexibility index (Phi) is 6.61. The van der Waals surface area contributed by atoms with Crippen LogP contribution in [0.3, 0.4) is 0 Å². The van der Waals surface area contributed by atoms with Crippen molar-refractivity contribution in [1.82, 2.24) is 20.4 Å². The number of hydrogen-bond acceptors (Lipinski definition) is 6. The van der Waals surface area contributed by atoms with E-state index in [0.29, 0.717) is 30.8 Å². The van der Waals surface area contributed by atoms with E-state index < -0.39 is 29.9 Å². The Morgan fingerprint density at radius 2 is 1.93 bits per heavy atom. The first-order valence-electron chi connectivity index (χ1n) is 9.08. The number of nitrogens with zero attached hydrogens (tertiary/aromatic N) is 3. The summed E-state index contributed by atoms with van der Waals surface area (Å²) in [6.07, 6.45) is 0.981. The van der Waals surface area contributed by atoms with Crippen LogP contribution in [0.1, 0.15) is 23.2 Å². The molecule has 1 saturated heterocycles. The van der Waals surface area contributed by atoms with Gasteiger partial charge in [0.15, 0.2) is 5.15 Å². The highest BCUT2D eigenvalue weighted by atomic mass is 35.5. The summed E-state index contributed by atoms with van der Waals surface area (Å²) in [5, 5.41) is 22.8. The van der Waals surface area contributed by atoms with Gasteiger partial charge in [-0.1, -0.05) is 29.8 Å². The van der Waals surface area contributed by atoms with E-state index in [1.165, 1.54) is 11.0 Å². The van der Waals surface area contributed by atoms with Crippen LogP contribution in [0.15, 0.2) is 42.5 Å². The van der Waals surface area contributed by atoms with Crippen molar-refractivity contribution < 1.29 is 19.5 Å². The molecule has 1 aromatic carbocycles. The summed E-state index contributed by atoms with van der Waals surface area (Å²) in [6, 6.07) is 9.72. The molecule has 0 saturated carbocycles. The second-order valence-electron chi connectivity index (χ2n) is 6.54. The van der Waals surface area contributed by atoms with Crippen LogP contribution >= 0.6 is 11.6 Å². The van der Waals surface area contributed by atoms with E-state index in [2.05, 4.69) is 20.8 Å². The van der Waals surface area contributed by atoms with E-state index in [1.54, 1.807) is 36.4 Å². The van der Waals surface area contributed by atoms with Gasteiger partial charge in [0.2, 0.25) is 5.91 Å². The second-order valence-corrected chi connectivity index (χ2v) is 6.93. The Morgan fingerprint density at radius 1 is 1.17 bits per heavy atom. The molecule has 10 heteroatoms. The van der Waals surface area contributed by atoms with Crippen molar-refractivity contribution in [2.45, 2.75) is 24.9 Å². The molecule has 9 nitrogen and oxygen atoms in total. The van der Waals surface area contributed by atoms with Gasteiger partial charge in [0.25, 0.3) is 5.91 Å². The van der Waals surface area contributed by atoms with Gasteiger partial charge in [0.05, 0.1) is 0 Å². The number of aliphatic carboxylic acids is 1. The van der Waals surface area contributed by atoms with Gasteiger partial charge in [-0.15, -0.1) is 10.2 Å². The van der Waals surface area contributed by atoms with Crippen molar-refractivity contribution in [3.8, 4) is 0 Å². The molecule has 1 unspecified atom stereocenters. The van der Waals surface area contributed by atoms with Gasteiger partial charge >= 0.3 is 5.97 Å². The fourth-order valence-corrected chi connectivity index (χ4v) is 3.24. The minimum absolute atomic E-state index is 0.0105. The summed E-state index contributed by atoms with van der Waals surface area (Å²) < 4.78 is 0. The molecule has 2 amide bonds. The summed E-state index contributed by atoms with van der Waals surface area (Å²) in [5.41, 5.74) is 0.396. The highest BCUT2D eigenvalue weighted by Crippen LogP contribution is 2.19. The van der Waals surface area contributed by atoms with Crippen molar-refractivity contribution in [3.63, 3.8) is 0 Å². The van der Waals surface area contributed by atoms with Crippen LogP contribution in [0.25, 0.3) is 0 Å². The molecular weight excluding hydrogens is 398 g/mol. The molecule has 1 aliphatic rings. The van der Waals surface area contributed by atoms with Gasteiger partial charge in [0, 0.05) is 18.7 Å². The SMILES string of the molecule is O=C(NC(CNc1ccc(Cl)nn1)C(=O)N1CCC[C@H]1C(=O)O)c1ccccc1. The summed E-state index contributed by atoms with van der Waals surface area (Å²) in [7, 11) is 0. The number of carbonyl (C=O) groups excluding carboxylic acids is 2. The molecule has 152 valence electrons. The highest BCUT2D eigenvalue weighted by Gasteiger charge is 2.37. The van der Waals surface area contributed by atoms with Crippen LogP contribution in [0, 0.1) is 0 Å². The van der Waals surface area contributed by atoms with E-state index in [4.69, 9.17) is 11.6 Å². The number of carbonyl (C=O) groups is 3. The predicted octanol–water partition coefficient (Wildman–Crippen LogP) is 1.42. The fourth-order valence-electron chi connectivity index (χ4n) is 3.14. The van der Waals surface area contributed by atoms with Crippen LogP contribution in [-0.2, 0) is 9.59 Å². The van der Waals surface area contributed by atoms with Crippen molar-refractivity contribution in [3.05, 3.63) is 53.2 Å². The maximum atomic E-state index is 13.1. The molecule has 0 spiro atoms.